The fourth-order valence-corrected chi connectivity index (χ4v) is 5.48. The van der Waals surface area contributed by atoms with Crippen LogP contribution in [-0.4, -0.2) is 19.9 Å². The van der Waals surface area contributed by atoms with E-state index in [9.17, 15) is 0 Å². The largest absolute Gasteiger partial charge is 0.436 e. The van der Waals surface area contributed by atoms with E-state index in [4.69, 9.17) is 9.40 Å². The fraction of sp³-hybridized carbons (Fsp3) is 0. The van der Waals surface area contributed by atoms with E-state index >= 15 is 0 Å². The van der Waals surface area contributed by atoms with Crippen molar-refractivity contribution >= 4 is 32.9 Å². The van der Waals surface area contributed by atoms with Gasteiger partial charge in [-0.3, -0.25) is 15.0 Å². The van der Waals surface area contributed by atoms with Crippen molar-refractivity contribution in [3.05, 3.63) is 134 Å². The van der Waals surface area contributed by atoms with E-state index in [1.54, 1.807) is 0 Å². The highest BCUT2D eigenvalue weighted by Gasteiger charge is 2.16. The molecule has 0 amide bonds. The minimum Gasteiger partial charge on any atom is -0.436 e. The van der Waals surface area contributed by atoms with Gasteiger partial charge in [0.2, 0.25) is 5.89 Å². The van der Waals surface area contributed by atoms with E-state index in [0.717, 1.165) is 72.0 Å². The summed E-state index contributed by atoms with van der Waals surface area (Å²) in [6.07, 6.45) is 5.67. The van der Waals surface area contributed by atoms with Gasteiger partial charge in [0, 0.05) is 51.6 Å². The van der Waals surface area contributed by atoms with Crippen LogP contribution in [0.3, 0.4) is 0 Å². The van der Waals surface area contributed by atoms with Crippen LogP contribution in [0.5, 0.6) is 0 Å². The van der Waals surface area contributed by atoms with Gasteiger partial charge < -0.3 is 4.42 Å². The standard InChI is InChI=1S/C36H22N4O/c1-3-9-31-27(7-1)26(17-19-37-31)25-21-30(35(39-22-25)29-18-20-38-32-10-4-2-8-28(29)32)23-13-15-24(16-14-23)36-40-33-11-5-6-12-34(33)41-36/h1-22H. The average molecular weight is 527 g/mol. The molecule has 8 aromatic rings. The molecule has 192 valence electrons. The van der Waals surface area contributed by atoms with E-state index in [1.165, 1.54) is 0 Å². The Morgan fingerprint density at radius 3 is 1.80 bits per heavy atom. The zero-order valence-corrected chi connectivity index (χ0v) is 21.9. The van der Waals surface area contributed by atoms with E-state index in [0.29, 0.717) is 5.89 Å². The van der Waals surface area contributed by atoms with Crippen molar-refractivity contribution in [2.24, 2.45) is 0 Å². The average Bonchev–Trinajstić information content (AvgIpc) is 3.49. The summed E-state index contributed by atoms with van der Waals surface area (Å²) in [5.74, 6) is 0.605. The molecule has 0 fully saturated rings. The Hall–Kier alpha value is -5.68. The first-order valence-electron chi connectivity index (χ1n) is 13.5. The molecule has 0 saturated carbocycles. The van der Waals surface area contributed by atoms with Crippen molar-refractivity contribution < 1.29 is 4.42 Å². The number of fused-ring (bicyclic) bond motifs is 3. The van der Waals surface area contributed by atoms with Gasteiger partial charge in [0.1, 0.15) is 5.52 Å². The van der Waals surface area contributed by atoms with Crippen molar-refractivity contribution in [2.45, 2.75) is 0 Å². The van der Waals surface area contributed by atoms with E-state index in [1.807, 2.05) is 85.3 Å². The van der Waals surface area contributed by atoms with Crippen LogP contribution in [0.15, 0.2) is 138 Å². The lowest BCUT2D eigenvalue weighted by atomic mass is 9.93. The van der Waals surface area contributed by atoms with E-state index in [-0.39, 0.29) is 0 Å². The third-order valence-corrected chi connectivity index (χ3v) is 7.49. The van der Waals surface area contributed by atoms with Gasteiger partial charge in [0.15, 0.2) is 5.58 Å². The normalized spacial score (nSPS) is 11.4. The molecule has 0 aliphatic rings. The van der Waals surface area contributed by atoms with Gasteiger partial charge in [-0.1, -0.05) is 60.7 Å². The van der Waals surface area contributed by atoms with Crippen LogP contribution in [0.2, 0.25) is 0 Å². The molecular weight excluding hydrogens is 504 g/mol. The molecule has 0 saturated heterocycles. The Morgan fingerprint density at radius 2 is 1.07 bits per heavy atom. The minimum absolute atomic E-state index is 0.605. The zero-order chi connectivity index (χ0) is 27.2. The Balaban J connectivity index is 1.31. The maximum atomic E-state index is 6.02. The smallest absolute Gasteiger partial charge is 0.227 e. The molecule has 0 bridgehead atoms. The van der Waals surface area contributed by atoms with Crippen LogP contribution in [0, 0.1) is 0 Å². The molecule has 0 atom stereocenters. The zero-order valence-electron chi connectivity index (χ0n) is 21.9. The number of oxazole rings is 1. The van der Waals surface area contributed by atoms with Crippen LogP contribution in [0.4, 0.5) is 0 Å². The SMILES string of the molecule is c1ccc2oc(-c3ccc(-c4cc(-c5ccnc6ccccc56)cnc4-c4ccnc5ccccc45)cc3)nc2c1. The number of hydrogen-bond acceptors (Lipinski definition) is 5. The predicted molar refractivity (Wildman–Crippen MR) is 164 cm³/mol. The summed E-state index contributed by atoms with van der Waals surface area (Å²) in [5, 5.41) is 2.16. The summed E-state index contributed by atoms with van der Waals surface area (Å²) in [5.41, 5.74) is 10.6. The summed E-state index contributed by atoms with van der Waals surface area (Å²) >= 11 is 0. The lowest BCUT2D eigenvalue weighted by Gasteiger charge is -2.14. The Bertz CT molecular complexity index is 2170. The van der Waals surface area contributed by atoms with Crippen molar-refractivity contribution in [2.75, 3.05) is 0 Å². The second-order valence-corrected chi connectivity index (χ2v) is 9.94. The first-order valence-corrected chi connectivity index (χ1v) is 13.5. The second kappa shape index (κ2) is 9.50. The van der Waals surface area contributed by atoms with Crippen molar-refractivity contribution in [1.29, 1.82) is 0 Å². The molecular formula is C36H22N4O. The summed E-state index contributed by atoms with van der Waals surface area (Å²) in [7, 11) is 0. The summed E-state index contributed by atoms with van der Waals surface area (Å²) in [6.45, 7) is 0. The van der Waals surface area contributed by atoms with E-state index in [2.05, 4.69) is 63.5 Å². The highest BCUT2D eigenvalue weighted by molar-refractivity contribution is 6.00. The molecule has 0 unspecified atom stereocenters. The first-order chi connectivity index (χ1) is 20.3. The highest BCUT2D eigenvalue weighted by Crippen LogP contribution is 2.38. The number of benzene rings is 4. The molecule has 5 heteroatoms. The van der Waals surface area contributed by atoms with Gasteiger partial charge >= 0.3 is 0 Å². The van der Waals surface area contributed by atoms with Crippen LogP contribution in [-0.2, 0) is 0 Å². The van der Waals surface area contributed by atoms with Gasteiger partial charge in [-0.15, -0.1) is 0 Å². The third-order valence-electron chi connectivity index (χ3n) is 7.49. The molecule has 0 spiro atoms. The fourth-order valence-electron chi connectivity index (χ4n) is 5.48. The topological polar surface area (TPSA) is 64.7 Å². The minimum atomic E-state index is 0.605. The Kier molecular flexibility index (Phi) is 5.38. The number of rotatable bonds is 4. The number of nitrogens with zero attached hydrogens (tertiary/aromatic N) is 4. The molecule has 4 aromatic heterocycles. The molecule has 8 rings (SSSR count). The van der Waals surface area contributed by atoms with Crippen molar-refractivity contribution in [3.63, 3.8) is 0 Å². The maximum absolute atomic E-state index is 6.02. The predicted octanol–water partition coefficient (Wildman–Crippen LogP) is 8.99. The second-order valence-electron chi connectivity index (χ2n) is 9.94. The summed E-state index contributed by atoms with van der Waals surface area (Å²) in [4.78, 5) is 18.9. The Morgan fingerprint density at radius 1 is 0.463 bits per heavy atom. The number of aromatic nitrogens is 4. The van der Waals surface area contributed by atoms with Gasteiger partial charge in [-0.25, -0.2) is 4.98 Å². The van der Waals surface area contributed by atoms with Crippen LogP contribution < -0.4 is 0 Å². The maximum Gasteiger partial charge on any atom is 0.227 e. The first kappa shape index (κ1) is 23.2. The molecule has 0 N–H and O–H groups in total. The van der Waals surface area contributed by atoms with Crippen molar-refractivity contribution in [1.82, 2.24) is 19.9 Å². The number of pyridine rings is 3. The molecule has 4 heterocycles. The quantitative estimate of drug-likeness (QED) is 0.229. The van der Waals surface area contributed by atoms with Crippen LogP contribution in [0.25, 0.3) is 77.9 Å². The lowest BCUT2D eigenvalue weighted by molar-refractivity contribution is 0.620. The monoisotopic (exact) mass is 526 g/mol. The molecule has 5 nitrogen and oxygen atoms in total. The molecule has 4 aromatic carbocycles. The van der Waals surface area contributed by atoms with Crippen LogP contribution in [0.1, 0.15) is 0 Å². The summed E-state index contributed by atoms with van der Waals surface area (Å²) in [6, 6.07) is 38.9. The van der Waals surface area contributed by atoms with Gasteiger partial charge in [-0.05, 0) is 65.7 Å². The lowest BCUT2D eigenvalue weighted by Crippen LogP contribution is -1.94. The van der Waals surface area contributed by atoms with Gasteiger partial charge in [0.25, 0.3) is 0 Å². The van der Waals surface area contributed by atoms with Crippen LogP contribution >= 0.6 is 0 Å². The molecule has 0 radical (unpaired) electrons. The number of hydrogen-bond donors (Lipinski definition) is 0. The molecule has 41 heavy (non-hydrogen) atoms. The van der Waals surface area contributed by atoms with E-state index < -0.39 is 0 Å². The van der Waals surface area contributed by atoms with Gasteiger partial charge in [-0.2, -0.15) is 0 Å². The summed E-state index contributed by atoms with van der Waals surface area (Å²) < 4.78 is 6.02. The molecule has 0 aliphatic carbocycles. The number of para-hydroxylation sites is 4. The highest BCUT2D eigenvalue weighted by atomic mass is 16.3. The van der Waals surface area contributed by atoms with Gasteiger partial charge in [0.05, 0.1) is 16.7 Å². The van der Waals surface area contributed by atoms with Crippen molar-refractivity contribution in [3.8, 4) is 45.0 Å². The third kappa shape index (κ3) is 4.03. The Labute approximate surface area is 235 Å². The molecule has 0 aliphatic heterocycles.